The molecule has 0 unspecified atom stereocenters. The predicted octanol–water partition coefficient (Wildman–Crippen LogP) is 2.37. The van der Waals surface area contributed by atoms with Crippen molar-refractivity contribution in [2.24, 2.45) is 0 Å². The van der Waals surface area contributed by atoms with Gasteiger partial charge in [-0.25, -0.2) is 4.79 Å². The van der Waals surface area contributed by atoms with Gasteiger partial charge in [-0.05, 0) is 37.5 Å². The van der Waals surface area contributed by atoms with Crippen molar-refractivity contribution >= 4 is 11.7 Å². The van der Waals surface area contributed by atoms with Gasteiger partial charge >= 0.3 is 5.97 Å². The molecular weight excluding hydrogens is 230 g/mol. The van der Waals surface area contributed by atoms with Gasteiger partial charge in [0.2, 0.25) is 0 Å². The Morgan fingerprint density at radius 1 is 1.33 bits per heavy atom. The molecular formula is C14H19NO3. The second-order valence-corrected chi connectivity index (χ2v) is 4.69. The van der Waals surface area contributed by atoms with Crippen molar-refractivity contribution in [3.05, 3.63) is 29.3 Å². The number of hydrogen-bond acceptors (Lipinski definition) is 4. The Kier molecular flexibility index (Phi) is 3.87. The van der Waals surface area contributed by atoms with Crippen molar-refractivity contribution in [2.45, 2.75) is 31.9 Å². The summed E-state index contributed by atoms with van der Waals surface area (Å²) in [6, 6.07) is 5.99. The molecule has 2 rings (SSSR count). The molecule has 0 radical (unpaired) electrons. The topological polar surface area (TPSA) is 47.6 Å². The van der Waals surface area contributed by atoms with Crippen molar-refractivity contribution in [1.82, 2.24) is 0 Å². The lowest BCUT2D eigenvalue weighted by atomic mass is 9.89. The van der Waals surface area contributed by atoms with Crippen molar-refractivity contribution in [1.29, 1.82) is 0 Å². The molecule has 0 heterocycles. The first-order chi connectivity index (χ1) is 8.63. The summed E-state index contributed by atoms with van der Waals surface area (Å²) in [6.07, 6.45) is 2.39. The van der Waals surface area contributed by atoms with E-state index in [1.54, 1.807) is 13.2 Å². The SMILES string of the molecule is COC(=O)c1ccc(C)c(NC2CC(OC)C2)c1. The minimum absolute atomic E-state index is 0.304. The molecule has 4 nitrogen and oxygen atoms in total. The molecule has 18 heavy (non-hydrogen) atoms. The Labute approximate surface area is 107 Å². The van der Waals surface area contributed by atoms with Gasteiger partial charge in [0.15, 0.2) is 0 Å². The van der Waals surface area contributed by atoms with Gasteiger partial charge < -0.3 is 14.8 Å². The van der Waals surface area contributed by atoms with E-state index in [1.165, 1.54) is 7.11 Å². The van der Waals surface area contributed by atoms with Crippen LogP contribution in [-0.2, 0) is 9.47 Å². The highest BCUT2D eigenvalue weighted by atomic mass is 16.5. The maximum Gasteiger partial charge on any atom is 0.337 e. The van der Waals surface area contributed by atoms with E-state index in [4.69, 9.17) is 9.47 Å². The minimum atomic E-state index is -0.304. The molecule has 98 valence electrons. The number of nitrogens with one attached hydrogen (secondary N) is 1. The third-order valence-corrected chi connectivity index (χ3v) is 3.45. The van der Waals surface area contributed by atoms with Gasteiger partial charge in [-0.2, -0.15) is 0 Å². The first-order valence-electron chi connectivity index (χ1n) is 6.12. The quantitative estimate of drug-likeness (QED) is 0.832. The van der Waals surface area contributed by atoms with Gasteiger partial charge in [0.1, 0.15) is 0 Å². The molecule has 1 fully saturated rings. The lowest BCUT2D eigenvalue weighted by Gasteiger charge is -2.35. The Hall–Kier alpha value is -1.55. The lowest BCUT2D eigenvalue weighted by Crippen LogP contribution is -2.40. The number of anilines is 1. The number of benzene rings is 1. The molecule has 1 aliphatic rings. The van der Waals surface area contributed by atoms with Crippen LogP contribution >= 0.6 is 0 Å². The highest BCUT2D eigenvalue weighted by Crippen LogP contribution is 2.28. The summed E-state index contributed by atoms with van der Waals surface area (Å²) in [5, 5.41) is 3.44. The summed E-state index contributed by atoms with van der Waals surface area (Å²) in [6.45, 7) is 2.02. The Morgan fingerprint density at radius 3 is 2.67 bits per heavy atom. The molecule has 1 saturated carbocycles. The van der Waals surface area contributed by atoms with Crippen LogP contribution in [0.5, 0.6) is 0 Å². The fourth-order valence-corrected chi connectivity index (χ4v) is 2.12. The second-order valence-electron chi connectivity index (χ2n) is 4.69. The summed E-state index contributed by atoms with van der Waals surface area (Å²) in [4.78, 5) is 11.5. The van der Waals surface area contributed by atoms with E-state index in [9.17, 15) is 4.79 Å². The molecule has 0 aliphatic heterocycles. The number of esters is 1. The molecule has 1 aromatic rings. The van der Waals surface area contributed by atoms with Gasteiger partial charge in [0, 0.05) is 18.8 Å². The number of rotatable bonds is 4. The van der Waals surface area contributed by atoms with E-state index in [-0.39, 0.29) is 5.97 Å². The fourth-order valence-electron chi connectivity index (χ4n) is 2.12. The van der Waals surface area contributed by atoms with E-state index in [0.717, 1.165) is 24.1 Å². The largest absolute Gasteiger partial charge is 0.465 e. The molecule has 0 atom stereocenters. The zero-order valence-corrected chi connectivity index (χ0v) is 11.0. The minimum Gasteiger partial charge on any atom is -0.465 e. The van der Waals surface area contributed by atoms with E-state index >= 15 is 0 Å². The smallest absolute Gasteiger partial charge is 0.337 e. The molecule has 0 aromatic heterocycles. The lowest BCUT2D eigenvalue weighted by molar-refractivity contribution is 0.0328. The summed E-state index contributed by atoms with van der Waals surface area (Å²) >= 11 is 0. The Bertz CT molecular complexity index is 439. The molecule has 1 aliphatic carbocycles. The summed E-state index contributed by atoms with van der Waals surface area (Å²) in [5.41, 5.74) is 2.70. The van der Waals surface area contributed by atoms with E-state index in [2.05, 4.69) is 5.32 Å². The first-order valence-corrected chi connectivity index (χ1v) is 6.12. The van der Waals surface area contributed by atoms with Crippen LogP contribution in [-0.4, -0.2) is 32.3 Å². The van der Waals surface area contributed by atoms with Gasteiger partial charge in [-0.3, -0.25) is 0 Å². The van der Waals surface area contributed by atoms with Gasteiger partial charge in [-0.1, -0.05) is 6.07 Å². The average molecular weight is 249 g/mol. The van der Waals surface area contributed by atoms with Crippen LogP contribution in [0.2, 0.25) is 0 Å². The Morgan fingerprint density at radius 2 is 2.06 bits per heavy atom. The number of hydrogen-bond donors (Lipinski definition) is 1. The number of carbonyl (C=O) groups is 1. The van der Waals surface area contributed by atoms with Gasteiger partial charge in [-0.15, -0.1) is 0 Å². The Balaban J connectivity index is 2.05. The van der Waals surface area contributed by atoms with E-state index in [1.807, 2.05) is 19.1 Å². The molecule has 0 saturated heterocycles. The van der Waals surface area contributed by atoms with E-state index < -0.39 is 0 Å². The maximum absolute atomic E-state index is 11.5. The summed E-state index contributed by atoms with van der Waals surface area (Å²) in [5.74, 6) is -0.304. The van der Waals surface area contributed by atoms with Crippen LogP contribution < -0.4 is 5.32 Å². The van der Waals surface area contributed by atoms with E-state index in [0.29, 0.717) is 17.7 Å². The second kappa shape index (κ2) is 5.40. The van der Waals surface area contributed by atoms with Crippen molar-refractivity contribution in [3.63, 3.8) is 0 Å². The highest BCUT2D eigenvalue weighted by Gasteiger charge is 2.29. The van der Waals surface area contributed by atoms with Gasteiger partial charge in [0.05, 0.1) is 18.8 Å². The first kappa shape index (κ1) is 12.9. The van der Waals surface area contributed by atoms with Crippen molar-refractivity contribution < 1.29 is 14.3 Å². The van der Waals surface area contributed by atoms with Crippen LogP contribution in [0.1, 0.15) is 28.8 Å². The monoisotopic (exact) mass is 249 g/mol. The van der Waals surface area contributed by atoms with Crippen molar-refractivity contribution in [2.75, 3.05) is 19.5 Å². The summed E-state index contributed by atoms with van der Waals surface area (Å²) < 4.78 is 9.97. The number of carbonyl (C=O) groups excluding carboxylic acids is 1. The highest BCUT2D eigenvalue weighted by molar-refractivity contribution is 5.90. The van der Waals surface area contributed by atoms with Crippen LogP contribution in [0.25, 0.3) is 0 Å². The average Bonchev–Trinajstić information content (AvgIpc) is 2.34. The maximum atomic E-state index is 11.5. The molecule has 1 N–H and O–H groups in total. The molecule has 0 bridgehead atoms. The van der Waals surface area contributed by atoms with Gasteiger partial charge in [0.25, 0.3) is 0 Å². The molecule has 0 amide bonds. The predicted molar refractivity (Wildman–Crippen MR) is 70.0 cm³/mol. The number of ether oxygens (including phenoxy) is 2. The van der Waals surface area contributed by atoms with Crippen molar-refractivity contribution in [3.8, 4) is 0 Å². The zero-order chi connectivity index (χ0) is 13.1. The van der Waals surface area contributed by atoms with Crippen LogP contribution in [0, 0.1) is 6.92 Å². The molecule has 4 heteroatoms. The third-order valence-electron chi connectivity index (χ3n) is 3.45. The van der Waals surface area contributed by atoms with Crippen LogP contribution in [0.15, 0.2) is 18.2 Å². The fraction of sp³-hybridized carbons (Fsp3) is 0.500. The molecule has 1 aromatic carbocycles. The standard InChI is InChI=1S/C14H19NO3/c1-9-4-5-10(14(16)18-3)6-13(9)15-11-7-12(8-11)17-2/h4-6,11-12,15H,7-8H2,1-3H3. The third kappa shape index (κ3) is 2.64. The molecule has 0 spiro atoms. The van der Waals surface area contributed by atoms with Crippen LogP contribution in [0.4, 0.5) is 5.69 Å². The normalized spacial score (nSPS) is 22.2. The number of aryl methyl sites for hydroxylation is 1. The number of methoxy groups -OCH3 is 2. The summed E-state index contributed by atoms with van der Waals surface area (Å²) in [7, 11) is 3.13. The van der Waals surface area contributed by atoms with Crippen LogP contribution in [0.3, 0.4) is 0 Å². The zero-order valence-electron chi connectivity index (χ0n) is 11.0.